The molecule has 0 radical (unpaired) electrons. The topological polar surface area (TPSA) is 59.1 Å². The minimum absolute atomic E-state index is 0.0544. The van der Waals surface area contributed by atoms with E-state index in [1.54, 1.807) is 6.33 Å². The van der Waals surface area contributed by atoms with Gasteiger partial charge in [-0.3, -0.25) is 0 Å². The van der Waals surface area contributed by atoms with Gasteiger partial charge in [0.15, 0.2) is 0 Å². The second-order valence-corrected chi connectivity index (χ2v) is 5.60. The van der Waals surface area contributed by atoms with Crippen LogP contribution in [-0.4, -0.2) is 35.3 Å². The van der Waals surface area contributed by atoms with Crippen LogP contribution in [0.4, 0.5) is 11.6 Å². The average molecular weight is 264 g/mol. The lowest BCUT2D eigenvalue weighted by Crippen LogP contribution is -2.40. The van der Waals surface area contributed by atoms with Gasteiger partial charge in [-0.2, -0.15) is 0 Å². The third-order valence-electron chi connectivity index (χ3n) is 3.57. The fraction of sp³-hybridized carbons (Fsp3) is 0.714. The molecule has 5 nitrogen and oxygen atoms in total. The molecule has 1 aliphatic heterocycles. The van der Waals surface area contributed by atoms with Crippen LogP contribution in [0.3, 0.4) is 0 Å². The van der Waals surface area contributed by atoms with Crippen LogP contribution in [0.2, 0.25) is 0 Å². The Morgan fingerprint density at radius 3 is 2.74 bits per heavy atom. The predicted molar refractivity (Wildman–Crippen MR) is 77.6 cm³/mol. The Balaban J connectivity index is 2.14. The van der Waals surface area contributed by atoms with Gasteiger partial charge in [0.25, 0.3) is 0 Å². The molecule has 1 aromatic rings. The highest BCUT2D eigenvalue weighted by atomic mass is 16.5. The van der Waals surface area contributed by atoms with Crippen LogP contribution in [0.15, 0.2) is 6.33 Å². The molecule has 19 heavy (non-hydrogen) atoms. The average Bonchev–Trinajstić information content (AvgIpc) is 2.37. The zero-order valence-electron chi connectivity index (χ0n) is 12.3. The number of anilines is 2. The Morgan fingerprint density at radius 2 is 2.11 bits per heavy atom. The Bertz CT molecular complexity index is 433. The SMILES string of the molecule is CCc1c(NC)ncnc1NC1CCOC(C)(C)C1. The molecule has 0 aliphatic carbocycles. The molecule has 1 aliphatic rings. The molecule has 1 unspecified atom stereocenters. The third kappa shape index (κ3) is 3.35. The zero-order chi connectivity index (χ0) is 13.9. The van der Waals surface area contributed by atoms with Crippen LogP contribution in [0.1, 0.15) is 39.2 Å². The molecule has 1 aromatic heterocycles. The van der Waals surface area contributed by atoms with Gasteiger partial charge in [0.1, 0.15) is 18.0 Å². The fourth-order valence-electron chi connectivity index (χ4n) is 2.64. The van der Waals surface area contributed by atoms with E-state index in [9.17, 15) is 0 Å². The molecule has 0 amide bonds. The number of ether oxygens (including phenoxy) is 1. The summed E-state index contributed by atoms with van der Waals surface area (Å²) in [4.78, 5) is 8.66. The normalized spacial score (nSPS) is 22.0. The molecule has 1 saturated heterocycles. The van der Waals surface area contributed by atoms with Crippen molar-refractivity contribution in [2.24, 2.45) is 0 Å². The lowest BCUT2D eigenvalue weighted by molar-refractivity contribution is -0.0553. The van der Waals surface area contributed by atoms with Crippen LogP contribution in [0.25, 0.3) is 0 Å². The summed E-state index contributed by atoms with van der Waals surface area (Å²) < 4.78 is 5.75. The summed E-state index contributed by atoms with van der Waals surface area (Å²) in [6.07, 6.45) is 4.53. The van der Waals surface area contributed by atoms with Gasteiger partial charge in [0, 0.05) is 25.3 Å². The zero-order valence-corrected chi connectivity index (χ0v) is 12.3. The van der Waals surface area contributed by atoms with Gasteiger partial charge in [-0.25, -0.2) is 9.97 Å². The highest BCUT2D eigenvalue weighted by Crippen LogP contribution is 2.28. The lowest BCUT2D eigenvalue weighted by Gasteiger charge is -2.36. The Kier molecular flexibility index (Phi) is 4.24. The largest absolute Gasteiger partial charge is 0.375 e. The standard InChI is InChI=1S/C14H24N4O/c1-5-11-12(15-4)16-9-17-13(11)18-10-6-7-19-14(2,3)8-10/h9-10H,5-8H2,1-4H3,(H2,15,16,17,18). The first-order chi connectivity index (χ1) is 9.05. The minimum atomic E-state index is -0.0544. The Labute approximate surface area is 115 Å². The second-order valence-electron chi connectivity index (χ2n) is 5.60. The lowest BCUT2D eigenvalue weighted by atomic mass is 9.94. The molecule has 106 valence electrons. The van der Waals surface area contributed by atoms with Gasteiger partial charge in [-0.15, -0.1) is 0 Å². The molecule has 2 N–H and O–H groups in total. The molecule has 0 spiro atoms. The number of hydrogen-bond acceptors (Lipinski definition) is 5. The molecule has 1 fully saturated rings. The molecule has 1 atom stereocenters. The summed E-state index contributed by atoms with van der Waals surface area (Å²) in [6, 6.07) is 0.411. The molecule has 0 aromatic carbocycles. The van der Waals surface area contributed by atoms with Crippen molar-refractivity contribution in [3.05, 3.63) is 11.9 Å². The summed E-state index contributed by atoms with van der Waals surface area (Å²) in [6.45, 7) is 7.20. The van der Waals surface area contributed by atoms with E-state index in [0.717, 1.165) is 43.1 Å². The fourth-order valence-corrected chi connectivity index (χ4v) is 2.64. The summed E-state index contributed by atoms with van der Waals surface area (Å²) >= 11 is 0. The highest BCUT2D eigenvalue weighted by Gasteiger charge is 2.29. The smallest absolute Gasteiger partial charge is 0.134 e. The first-order valence-electron chi connectivity index (χ1n) is 6.98. The summed E-state index contributed by atoms with van der Waals surface area (Å²) in [7, 11) is 1.89. The molecular weight excluding hydrogens is 240 g/mol. The maximum Gasteiger partial charge on any atom is 0.134 e. The molecular formula is C14H24N4O. The van der Waals surface area contributed by atoms with Crippen LogP contribution >= 0.6 is 0 Å². The van der Waals surface area contributed by atoms with Gasteiger partial charge in [-0.05, 0) is 33.1 Å². The first kappa shape index (κ1) is 14.1. The van der Waals surface area contributed by atoms with Crippen LogP contribution < -0.4 is 10.6 Å². The van der Waals surface area contributed by atoms with Crippen molar-refractivity contribution in [2.45, 2.75) is 51.7 Å². The summed E-state index contributed by atoms with van der Waals surface area (Å²) in [5.41, 5.74) is 1.09. The van der Waals surface area contributed by atoms with Crippen molar-refractivity contribution in [3.63, 3.8) is 0 Å². The van der Waals surface area contributed by atoms with E-state index in [1.807, 2.05) is 7.05 Å². The predicted octanol–water partition coefficient (Wildman–Crippen LogP) is 2.45. The van der Waals surface area contributed by atoms with Crippen molar-refractivity contribution in [2.75, 3.05) is 24.3 Å². The number of nitrogens with one attached hydrogen (secondary N) is 2. The van der Waals surface area contributed by atoms with Gasteiger partial charge in [-0.1, -0.05) is 6.92 Å². The summed E-state index contributed by atoms with van der Waals surface area (Å²) in [5.74, 6) is 1.86. The number of aromatic nitrogens is 2. The monoisotopic (exact) mass is 264 g/mol. The van der Waals surface area contributed by atoms with E-state index in [4.69, 9.17) is 4.74 Å². The van der Waals surface area contributed by atoms with Crippen LogP contribution in [0.5, 0.6) is 0 Å². The van der Waals surface area contributed by atoms with Gasteiger partial charge in [0.2, 0.25) is 0 Å². The third-order valence-corrected chi connectivity index (χ3v) is 3.57. The number of nitrogens with zero attached hydrogens (tertiary/aromatic N) is 2. The minimum Gasteiger partial charge on any atom is -0.375 e. The van der Waals surface area contributed by atoms with Crippen molar-refractivity contribution in [1.29, 1.82) is 0 Å². The van der Waals surface area contributed by atoms with E-state index < -0.39 is 0 Å². The quantitative estimate of drug-likeness (QED) is 0.874. The molecule has 0 bridgehead atoms. The summed E-state index contributed by atoms with van der Waals surface area (Å²) in [5, 5.41) is 6.68. The second kappa shape index (κ2) is 5.74. The highest BCUT2D eigenvalue weighted by molar-refractivity contribution is 5.57. The van der Waals surface area contributed by atoms with Gasteiger partial charge >= 0.3 is 0 Å². The molecule has 0 saturated carbocycles. The Hall–Kier alpha value is -1.36. The van der Waals surface area contributed by atoms with Crippen LogP contribution in [0, 0.1) is 0 Å². The number of hydrogen-bond donors (Lipinski definition) is 2. The van der Waals surface area contributed by atoms with E-state index in [-0.39, 0.29) is 5.60 Å². The van der Waals surface area contributed by atoms with E-state index in [2.05, 4.69) is 41.4 Å². The van der Waals surface area contributed by atoms with E-state index in [0.29, 0.717) is 6.04 Å². The van der Waals surface area contributed by atoms with Crippen LogP contribution in [-0.2, 0) is 11.2 Å². The molecule has 2 rings (SSSR count). The van der Waals surface area contributed by atoms with E-state index >= 15 is 0 Å². The van der Waals surface area contributed by atoms with Crippen molar-refractivity contribution in [1.82, 2.24) is 9.97 Å². The molecule has 2 heterocycles. The van der Waals surface area contributed by atoms with E-state index in [1.165, 1.54) is 0 Å². The van der Waals surface area contributed by atoms with Crippen molar-refractivity contribution in [3.8, 4) is 0 Å². The first-order valence-corrected chi connectivity index (χ1v) is 6.98. The van der Waals surface area contributed by atoms with Gasteiger partial charge < -0.3 is 15.4 Å². The maximum atomic E-state index is 5.75. The van der Waals surface area contributed by atoms with Crippen molar-refractivity contribution < 1.29 is 4.74 Å². The Morgan fingerprint density at radius 1 is 1.37 bits per heavy atom. The maximum absolute atomic E-state index is 5.75. The number of rotatable bonds is 4. The molecule has 5 heteroatoms. The van der Waals surface area contributed by atoms with Gasteiger partial charge in [0.05, 0.1) is 5.60 Å². The van der Waals surface area contributed by atoms with Crippen molar-refractivity contribution >= 4 is 11.6 Å².